The zero-order valence-corrected chi connectivity index (χ0v) is 13.4. The first-order valence-corrected chi connectivity index (χ1v) is 7.89. The highest BCUT2D eigenvalue weighted by molar-refractivity contribution is 6.29. The highest BCUT2D eigenvalue weighted by atomic mass is 35.5. The fourth-order valence-electron chi connectivity index (χ4n) is 2.97. The number of halogens is 1. The van der Waals surface area contributed by atoms with Crippen LogP contribution in [0.4, 0.5) is 5.69 Å². The molecule has 0 spiro atoms. The summed E-state index contributed by atoms with van der Waals surface area (Å²) in [5.74, 6) is -0.0465. The van der Waals surface area contributed by atoms with Crippen molar-refractivity contribution in [1.29, 1.82) is 0 Å². The van der Waals surface area contributed by atoms with Gasteiger partial charge < -0.3 is 15.5 Å². The molecule has 2 heterocycles. The molecule has 1 aromatic heterocycles. The first kappa shape index (κ1) is 16.0. The highest BCUT2D eigenvalue weighted by Crippen LogP contribution is 2.21. The van der Waals surface area contributed by atoms with Crippen molar-refractivity contribution in [2.75, 3.05) is 31.9 Å². The summed E-state index contributed by atoms with van der Waals surface area (Å²) >= 11 is 5.86. The fraction of sp³-hybridized carbons (Fsp3) is 0.600. The van der Waals surface area contributed by atoms with Gasteiger partial charge in [0.25, 0.3) is 5.91 Å². The average Bonchev–Trinajstić information content (AvgIpc) is 2.51. The van der Waals surface area contributed by atoms with Crippen LogP contribution in [-0.4, -0.2) is 52.9 Å². The van der Waals surface area contributed by atoms with Gasteiger partial charge in [0.1, 0.15) is 5.15 Å². The lowest BCUT2D eigenvalue weighted by molar-refractivity contribution is 0.0632. The number of nitrogens with two attached hydrogens (primary N) is 1. The lowest BCUT2D eigenvalue weighted by atomic mass is 10.0. The number of carbonyl (C=O) groups is 1. The third kappa shape index (κ3) is 3.66. The van der Waals surface area contributed by atoms with E-state index < -0.39 is 0 Å². The van der Waals surface area contributed by atoms with Gasteiger partial charge >= 0.3 is 0 Å². The SMILES string of the molecule is CCN(CC)C1CCN(C(=O)c2cc(Cl)ncc2N)CC1. The number of carbonyl (C=O) groups excluding carboxylic acids is 1. The van der Waals surface area contributed by atoms with Gasteiger partial charge in [-0.15, -0.1) is 0 Å². The van der Waals surface area contributed by atoms with Gasteiger partial charge in [0.2, 0.25) is 0 Å². The Kier molecular flexibility index (Phi) is 5.42. The van der Waals surface area contributed by atoms with Crippen molar-refractivity contribution in [2.45, 2.75) is 32.7 Å². The summed E-state index contributed by atoms with van der Waals surface area (Å²) in [7, 11) is 0. The average molecular weight is 311 g/mol. The first-order chi connectivity index (χ1) is 10.1. The van der Waals surface area contributed by atoms with Crippen LogP contribution in [0.5, 0.6) is 0 Å². The molecule has 1 fully saturated rings. The van der Waals surface area contributed by atoms with E-state index in [2.05, 4.69) is 23.7 Å². The summed E-state index contributed by atoms with van der Waals surface area (Å²) in [4.78, 5) is 20.7. The molecule has 1 aliphatic rings. The van der Waals surface area contributed by atoms with Crippen molar-refractivity contribution >= 4 is 23.2 Å². The molecule has 2 rings (SSSR count). The number of hydrogen-bond acceptors (Lipinski definition) is 4. The second kappa shape index (κ2) is 7.09. The number of likely N-dealkylation sites (tertiary alicyclic amines) is 1. The molecule has 0 saturated carbocycles. The lowest BCUT2D eigenvalue weighted by Gasteiger charge is -2.37. The lowest BCUT2D eigenvalue weighted by Crippen LogP contribution is -2.46. The van der Waals surface area contributed by atoms with Crippen LogP contribution < -0.4 is 5.73 Å². The van der Waals surface area contributed by atoms with E-state index in [-0.39, 0.29) is 5.91 Å². The highest BCUT2D eigenvalue weighted by Gasteiger charge is 2.27. The number of pyridine rings is 1. The molecular formula is C15H23ClN4O. The van der Waals surface area contributed by atoms with E-state index in [0.717, 1.165) is 39.0 Å². The van der Waals surface area contributed by atoms with Crippen molar-refractivity contribution in [3.63, 3.8) is 0 Å². The molecule has 6 heteroatoms. The quantitative estimate of drug-likeness (QED) is 0.867. The monoisotopic (exact) mass is 310 g/mol. The number of piperidine rings is 1. The summed E-state index contributed by atoms with van der Waals surface area (Å²) in [6.45, 7) is 8.00. The van der Waals surface area contributed by atoms with Gasteiger partial charge in [0.15, 0.2) is 0 Å². The Morgan fingerprint density at radius 3 is 2.62 bits per heavy atom. The van der Waals surface area contributed by atoms with Gasteiger partial charge in [-0.1, -0.05) is 25.4 Å². The van der Waals surface area contributed by atoms with Crippen molar-refractivity contribution in [3.8, 4) is 0 Å². The van der Waals surface area contributed by atoms with Crippen LogP contribution in [0.3, 0.4) is 0 Å². The molecule has 5 nitrogen and oxygen atoms in total. The third-order valence-electron chi connectivity index (χ3n) is 4.21. The Bertz CT molecular complexity index is 496. The minimum atomic E-state index is -0.0465. The topological polar surface area (TPSA) is 62.5 Å². The summed E-state index contributed by atoms with van der Waals surface area (Å²) < 4.78 is 0. The smallest absolute Gasteiger partial charge is 0.256 e. The van der Waals surface area contributed by atoms with Crippen LogP contribution in [0.1, 0.15) is 37.0 Å². The maximum absolute atomic E-state index is 12.5. The maximum atomic E-state index is 12.5. The first-order valence-electron chi connectivity index (χ1n) is 7.51. The molecule has 1 amide bonds. The van der Waals surface area contributed by atoms with Crippen LogP contribution in [0.15, 0.2) is 12.3 Å². The summed E-state index contributed by atoms with van der Waals surface area (Å²) in [5.41, 5.74) is 6.68. The molecule has 0 radical (unpaired) electrons. The number of nitrogens with zero attached hydrogens (tertiary/aromatic N) is 3. The minimum Gasteiger partial charge on any atom is -0.397 e. The molecule has 1 aromatic rings. The van der Waals surface area contributed by atoms with Gasteiger partial charge in [0, 0.05) is 19.1 Å². The van der Waals surface area contributed by atoms with Crippen molar-refractivity contribution in [2.24, 2.45) is 0 Å². The molecule has 1 saturated heterocycles. The zero-order valence-electron chi connectivity index (χ0n) is 12.7. The summed E-state index contributed by atoms with van der Waals surface area (Å²) in [6.07, 6.45) is 3.45. The molecule has 0 unspecified atom stereocenters. The number of anilines is 1. The van der Waals surface area contributed by atoms with Gasteiger partial charge in [-0.25, -0.2) is 4.98 Å². The standard InChI is InChI=1S/C15H23ClN4O/c1-3-19(4-2)11-5-7-20(8-6-11)15(21)12-9-14(16)18-10-13(12)17/h9-11H,3-8,17H2,1-2H3. The Labute approximate surface area is 131 Å². The van der Waals surface area contributed by atoms with Gasteiger partial charge in [-0.05, 0) is 32.0 Å². The van der Waals surface area contributed by atoms with Crippen molar-refractivity contribution < 1.29 is 4.79 Å². The largest absolute Gasteiger partial charge is 0.397 e. The predicted molar refractivity (Wildman–Crippen MR) is 85.5 cm³/mol. The summed E-state index contributed by atoms with van der Waals surface area (Å²) in [6, 6.07) is 2.12. The van der Waals surface area contributed by atoms with E-state index in [1.54, 1.807) is 6.07 Å². The van der Waals surface area contributed by atoms with Gasteiger partial charge in [-0.3, -0.25) is 4.79 Å². The minimum absolute atomic E-state index is 0.0465. The van der Waals surface area contributed by atoms with E-state index >= 15 is 0 Å². The molecular weight excluding hydrogens is 288 g/mol. The summed E-state index contributed by atoms with van der Waals surface area (Å²) in [5, 5.41) is 0.297. The third-order valence-corrected chi connectivity index (χ3v) is 4.42. The predicted octanol–water partition coefficient (Wildman–Crippen LogP) is 2.26. The molecule has 0 aromatic carbocycles. The van der Waals surface area contributed by atoms with Gasteiger partial charge in [0.05, 0.1) is 17.4 Å². The Hall–Kier alpha value is -1.33. The molecule has 21 heavy (non-hydrogen) atoms. The molecule has 0 bridgehead atoms. The van der Waals surface area contributed by atoms with Crippen LogP contribution in [-0.2, 0) is 0 Å². The second-order valence-corrected chi connectivity index (χ2v) is 5.73. The normalized spacial score (nSPS) is 16.5. The number of nitrogen functional groups attached to an aromatic ring is 1. The van der Waals surface area contributed by atoms with Crippen molar-refractivity contribution in [1.82, 2.24) is 14.8 Å². The van der Waals surface area contributed by atoms with Crippen LogP contribution in [0, 0.1) is 0 Å². The molecule has 0 aliphatic carbocycles. The molecule has 1 aliphatic heterocycles. The Morgan fingerprint density at radius 2 is 2.05 bits per heavy atom. The van der Waals surface area contributed by atoms with E-state index in [0.29, 0.717) is 22.4 Å². The van der Waals surface area contributed by atoms with E-state index in [1.807, 2.05) is 4.90 Å². The van der Waals surface area contributed by atoms with Crippen LogP contribution in [0.2, 0.25) is 5.15 Å². The number of aromatic nitrogens is 1. The van der Waals surface area contributed by atoms with Crippen molar-refractivity contribution in [3.05, 3.63) is 23.0 Å². The van der Waals surface area contributed by atoms with Gasteiger partial charge in [-0.2, -0.15) is 0 Å². The zero-order chi connectivity index (χ0) is 15.4. The van der Waals surface area contributed by atoms with Crippen LogP contribution >= 0.6 is 11.6 Å². The number of amides is 1. The van der Waals surface area contributed by atoms with E-state index in [4.69, 9.17) is 17.3 Å². The Balaban J connectivity index is 2.02. The van der Waals surface area contributed by atoms with E-state index in [1.165, 1.54) is 6.20 Å². The molecule has 116 valence electrons. The number of rotatable bonds is 4. The van der Waals surface area contributed by atoms with Crippen LogP contribution in [0.25, 0.3) is 0 Å². The Morgan fingerprint density at radius 1 is 1.43 bits per heavy atom. The van der Waals surface area contributed by atoms with E-state index in [9.17, 15) is 4.79 Å². The molecule has 2 N–H and O–H groups in total. The molecule has 0 atom stereocenters. The second-order valence-electron chi connectivity index (χ2n) is 5.34. The number of hydrogen-bond donors (Lipinski definition) is 1. The fourth-order valence-corrected chi connectivity index (χ4v) is 3.13. The maximum Gasteiger partial charge on any atom is 0.256 e.